The number of carbonyl (C=O) groups is 1. The minimum absolute atomic E-state index is 0.0837. The lowest BCUT2D eigenvalue weighted by Gasteiger charge is -2.32. The highest BCUT2D eigenvalue weighted by atomic mass is 16.5. The Labute approximate surface area is 151 Å². The van der Waals surface area contributed by atoms with Crippen molar-refractivity contribution < 1.29 is 14.3 Å². The van der Waals surface area contributed by atoms with Crippen molar-refractivity contribution in [2.75, 3.05) is 20.3 Å². The first-order chi connectivity index (χ1) is 12.2. The Morgan fingerprint density at radius 3 is 2.68 bits per heavy atom. The summed E-state index contributed by atoms with van der Waals surface area (Å²) >= 11 is 0. The number of amides is 1. The van der Waals surface area contributed by atoms with E-state index in [-0.39, 0.29) is 5.91 Å². The second-order valence-electron chi connectivity index (χ2n) is 6.26. The molecule has 1 aliphatic carbocycles. The van der Waals surface area contributed by atoms with Crippen LogP contribution in [0.4, 0.5) is 0 Å². The molecule has 4 heteroatoms. The Hall–Kier alpha value is -2.23. The van der Waals surface area contributed by atoms with E-state index >= 15 is 0 Å². The van der Waals surface area contributed by atoms with E-state index in [4.69, 9.17) is 9.47 Å². The number of ether oxygens (including phenoxy) is 2. The van der Waals surface area contributed by atoms with E-state index in [0.717, 1.165) is 24.9 Å². The van der Waals surface area contributed by atoms with Gasteiger partial charge >= 0.3 is 0 Å². The van der Waals surface area contributed by atoms with E-state index in [0.29, 0.717) is 24.1 Å². The number of methoxy groups -OCH3 is 1. The summed E-state index contributed by atoms with van der Waals surface area (Å²) in [7, 11) is 1.61. The van der Waals surface area contributed by atoms with Gasteiger partial charge in [0.2, 0.25) is 5.91 Å². The lowest BCUT2D eigenvalue weighted by molar-refractivity contribution is -0.128. The quantitative estimate of drug-likeness (QED) is 0.517. The van der Waals surface area contributed by atoms with Crippen LogP contribution in [-0.2, 0) is 4.79 Å². The zero-order valence-electron chi connectivity index (χ0n) is 15.4. The molecule has 0 saturated heterocycles. The maximum absolute atomic E-state index is 12.6. The average molecular weight is 343 g/mol. The predicted octanol–water partition coefficient (Wildman–Crippen LogP) is 4.45. The summed E-state index contributed by atoms with van der Waals surface area (Å²) in [5.41, 5.74) is 0.913. The van der Waals surface area contributed by atoms with Crippen LogP contribution in [0.25, 0.3) is 6.08 Å². The van der Waals surface area contributed by atoms with Crippen molar-refractivity contribution in [2.24, 2.45) is 0 Å². The lowest BCUT2D eigenvalue weighted by atomic mass is 9.94. The molecule has 1 aliphatic rings. The summed E-state index contributed by atoms with van der Waals surface area (Å²) < 4.78 is 10.9. The second-order valence-corrected chi connectivity index (χ2v) is 6.26. The maximum Gasteiger partial charge on any atom is 0.246 e. The number of nitrogens with zero attached hydrogens (tertiary/aromatic N) is 1. The molecule has 0 aromatic heterocycles. The van der Waals surface area contributed by atoms with Crippen molar-refractivity contribution in [3.8, 4) is 11.5 Å². The van der Waals surface area contributed by atoms with Crippen molar-refractivity contribution in [1.82, 2.24) is 4.90 Å². The normalized spacial score (nSPS) is 15.1. The standard InChI is InChI=1S/C21H29NO3/c1-4-15-25-19-13-11-17(16-20(19)24-3)12-14-21(23)22(5-2)18-9-7-6-8-10-18/h4,11-14,16,18H,1,5-10,15H2,2-3H3/b14-12+. The van der Waals surface area contributed by atoms with Crippen LogP contribution in [0.1, 0.15) is 44.6 Å². The van der Waals surface area contributed by atoms with Crippen molar-refractivity contribution in [2.45, 2.75) is 45.1 Å². The van der Waals surface area contributed by atoms with Crippen molar-refractivity contribution >= 4 is 12.0 Å². The topological polar surface area (TPSA) is 38.8 Å². The van der Waals surface area contributed by atoms with Gasteiger partial charge in [-0.3, -0.25) is 4.79 Å². The van der Waals surface area contributed by atoms with Crippen LogP contribution >= 0.6 is 0 Å². The number of hydrogen-bond acceptors (Lipinski definition) is 3. The molecule has 0 N–H and O–H groups in total. The van der Waals surface area contributed by atoms with Crippen LogP contribution in [0.2, 0.25) is 0 Å². The highest BCUT2D eigenvalue weighted by molar-refractivity contribution is 5.92. The molecule has 0 radical (unpaired) electrons. The summed E-state index contributed by atoms with van der Waals surface area (Å²) in [6.07, 6.45) is 11.2. The van der Waals surface area contributed by atoms with Gasteiger partial charge in [0.05, 0.1) is 7.11 Å². The number of benzene rings is 1. The molecule has 0 aliphatic heterocycles. The minimum Gasteiger partial charge on any atom is -0.493 e. The molecule has 1 saturated carbocycles. The SMILES string of the molecule is C=CCOc1ccc(/C=C/C(=O)N(CC)C2CCCCC2)cc1OC. The summed E-state index contributed by atoms with van der Waals surface area (Å²) in [5, 5.41) is 0. The van der Waals surface area contributed by atoms with Crippen LogP contribution in [0, 0.1) is 0 Å². The fraction of sp³-hybridized carbons (Fsp3) is 0.476. The molecule has 0 heterocycles. The highest BCUT2D eigenvalue weighted by Crippen LogP contribution is 2.29. The average Bonchev–Trinajstić information content (AvgIpc) is 2.66. The molecule has 0 unspecified atom stereocenters. The number of likely N-dealkylation sites (N-methyl/N-ethyl adjacent to an activating group) is 1. The van der Waals surface area contributed by atoms with Gasteiger partial charge in [0, 0.05) is 18.7 Å². The fourth-order valence-electron chi connectivity index (χ4n) is 3.31. The van der Waals surface area contributed by atoms with E-state index in [1.165, 1.54) is 19.3 Å². The van der Waals surface area contributed by atoms with Crippen LogP contribution < -0.4 is 9.47 Å². The van der Waals surface area contributed by atoms with Gasteiger partial charge in [-0.05, 0) is 43.5 Å². The molecule has 2 rings (SSSR count). The van der Waals surface area contributed by atoms with Gasteiger partial charge < -0.3 is 14.4 Å². The third kappa shape index (κ3) is 5.38. The van der Waals surface area contributed by atoms with Crippen LogP contribution in [0.5, 0.6) is 11.5 Å². The van der Waals surface area contributed by atoms with Gasteiger partial charge in [-0.2, -0.15) is 0 Å². The van der Waals surface area contributed by atoms with Crippen LogP contribution in [-0.4, -0.2) is 37.1 Å². The zero-order chi connectivity index (χ0) is 18.1. The Morgan fingerprint density at radius 2 is 2.04 bits per heavy atom. The second kappa shape index (κ2) is 9.92. The van der Waals surface area contributed by atoms with Crippen LogP contribution in [0.15, 0.2) is 36.9 Å². The number of carbonyl (C=O) groups excluding carboxylic acids is 1. The molecule has 0 bridgehead atoms. The van der Waals surface area contributed by atoms with Gasteiger partial charge in [-0.1, -0.05) is 38.0 Å². The van der Waals surface area contributed by atoms with Gasteiger partial charge in [-0.25, -0.2) is 0 Å². The minimum atomic E-state index is 0.0837. The smallest absolute Gasteiger partial charge is 0.246 e. The van der Waals surface area contributed by atoms with Gasteiger partial charge in [0.15, 0.2) is 11.5 Å². The van der Waals surface area contributed by atoms with Gasteiger partial charge in [0.25, 0.3) is 0 Å². The third-order valence-electron chi connectivity index (χ3n) is 4.60. The van der Waals surface area contributed by atoms with Crippen molar-refractivity contribution in [3.05, 3.63) is 42.5 Å². The number of hydrogen-bond donors (Lipinski definition) is 0. The summed E-state index contributed by atoms with van der Waals surface area (Å²) in [6, 6.07) is 6.03. The van der Waals surface area contributed by atoms with E-state index in [9.17, 15) is 4.79 Å². The third-order valence-corrected chi connectivity index (χ3v) is 4.60. The molecular weight excluding hydrogens is 314 g/mol. The number of rotatable bonds is 8. The first kappa shape index (κ1) is 19.1. The van der Waals surface area contributed by atoms with Crippen LogP contribution in [0.3, 0.4) is 0 Å². The van der Waals surface area contributed by atoms with Gasteiger partial charge in [0.1, 0.15) is 6.61 Å². The Balaban J connectivity index is 2.06. The molecule has 0 atom stereocenters. The molecule has 4 nitrogen and oxygen atoms in total. The molecule has 0 spiro atoms. The fourth-order valence-corrected chi connectivity index (χ4v) is 3.31. The maximum atomic E-state index is 12.6. The first-order valence-electron chi connectivity index (χ1n) is 9.10. The van der Waals surface area contributed by atoms with E-state index in [2.05, 4.69) is 13.5 Å². The van der Waals surface area contributed by atoms with E-state index < -0.39 is 0 Å². The zero-order valence-corrected chi connectivity index (χ0v) is 15.4. The molecule has 1 aromatic carbocycles. The lowest BCUT2D eigenvalue weighted by Crippen LogP contribution is -2.40. The summed E-state index contributed by atoms with van der Waals surface area (Å²) in [6.45, 7) is 6.88. The first-order valence-corrected chi connectivity index (χ1v) is 9.10. The van der Waals surface area contributed by atoms with E-state index in [1.54, 1.807) is 19.3 Å². The molecule has 1 fully saturated rings. The summed E-state index contributed by atoms with van der Waals surface area (Å²) in [5.74, 6) is 1.40. The molecular formula is C21H29NO3. The highest BCUT2D eigenvalue weighted by Gasteiger charge is 2.22. The largest absolute Gasteiger partial charge is 0.493 e. The Bertz CT molecular complexity index is 603. The Morgan fingerprint density at radius 1 is 1.28 bits per heavy atom. The predicted molar refractivity (Wildman–Crippen MR) is 102 cm³/mol. The molecule has 25 heavy (non-hydrogen) atoms. The molecule has 1 aromatic rings. The van der Waals surface area contributed by atoms with E-state index in [1.807, 2.05) is 29.2 Å². The summed E-state index contributed by atoms with van der Waals surface area (Å²) in [4.78, 5) is 14.6. The Kier molecular flexibility index (Phi) is 7.58. The molecule has 136 valence electrons. The van der Waals surface area contributed by atoms with Crippen molar-refractivity contribution in [1.29, 1.82) is 0 Å². The van der Waals surface area contributed by atoms with Gasteiger partial charge in [-0.15, -0.1) is 0 Å². The molecule has 1 amide bonds. The van der Waals surface area contributed by atoms with Crippen molar-refractivity contribution in [3.63, 3.8) is 0 Å². The monoisotopic (exact) mass is 343 g/mol.